The van der Waals surface area contributed by atoms with Gasteiger partial charge in [-0.25, -0.2) is 4.98 Å². The number of aromatic nitrogens is 2. The molecule has 0 radical (unpaired) electrons. The summed E-state index contributed by atoms with van der Waals surface area (Å²) in [5.41, 5.74) is 3.18. The number of fused-ring (bicyclic) bond motifs is 1. The lowest BCUT2D eigenvalue weighted by molar-refractivity contribution is -0.123. The average molecular weight is 379 g/mol. The number of methoxy groups -OCH3 is 1. The highest BCUT2D eigenvalue weighted by Crippen LogP contribution is 2.38. The highest BCUT2D eigenvalue weighted by Gasteiger charge is 2.35. The Labute approximate surface area is 163 Å². The second kappa shape index (κ2) is 8.02. The number of aliphatic hydroxyl groups is 1. The Balaban J connectivity index is 1.43. The van der Waals surface area contributed by atoms with Crippen molar-refractivity contribution in [2.24, 2.45) is 5.92 Å². The van der Waals surface area contributed by atoms with E-state index < -0.39 is 0 Å². The predicted octanol–water partition coefficient (Wildman–Crippen LogP) is 3.13. The molecule has 28 heavy (non-hydrogen) atoms. The number of rotatable bonds is 7. The summed E-state index contributed by atoms with van der Waals surface area (Å²) in [4.78, 5) is 20.2. The van der Waals surface area contributed by atoms with Gasteiger partial charge < -0.3 is 20.1 Å². The molecule has 146 valence electrons. The van der Waals surface area contributed by atoms with Crippen molar-refractivity contribution in [3.63, 3.8) is 0 Å². The van der Waals surface area contributed by atoms with Gasteiger partial charge in [-0.15, -0.1) is 0 Å². The van der Waals surface area contributed by atoms with Gasteiger partial charge in [0.2, 0.25) is 11.8 Å². The summed E-state index contributed by atoms with van der Waals surface area (Å²) < 4.78 is 5.12. The van der Waals surface area contributed by atoms with Crippen LogP contribution >= 0.6 is 0 Å². The molecule has 1 aliphatic rings. The fourth-order valence-corrected chi connectivity index (χ4v) is 3.90. The maximum Gasteiger partial charge on any atom is 0.220 e. The smallest absolute Gasteiger partial charge is 0.220 e. The van der Waals surface area contributed by atoms with E-state index in [1.807, 2.05) is 30.5 Å². The third kappa shape index (κ3) is 3.87. The summed E-state index contributed by atoms with van der Waals surface area (Å²) >= 11 is 0. The highest BCUT2D eigenvalue weighted by atomic mass is 16.5. The van der Waals surface area contributed by atoms with Gasteiger partial charge in [0.1, 0.15) is 0 Å². The van der Waals surface area contributed by atoms with Crippen LogP contribution in [-0.4, -0.2) is 34.2 Å². The van der Waals surface area contributed by atoms with Crippen molar-refractivity contribution in [3.8, 4) is 5.88 Å². The van der Waals surface area contributed by atoms with Crippen LogP contribution in [0.5, 0.6) is 5.88 Å². The zero-order valence-corrected chi connectivity index (χ0v) is 15.9. The Morgan fingerprint density at radius 1 is 1.32 bits per heavy atom. The van der Waals surface area contributed by atoms with Crippen LogP contribution in [0.4, 0.5) is 0 Å². The number of benzene rings is 1. The van der Waals surface area contributed by atoms with E-state index in [1.54, 1.807) is 19.4 Å². The first kappa shape index (κ1) is 18.5. The van der Waals surface area contributed by atoms with E-state index in [2.05, 4.69) is 21.4 Å². The van der Waals surface area contributed by atoms with Crippen LogP contribution in [0.3, 0.4) is 0 Å². The van der Waals surface area contributed by atoms with E-state index in [9.17, 15) is 9.90 Å². The maximum absolute atomic E-state index is 12.7. The van der Waals surface area contributed by atoms with E-state index >= 15 is 0 Å². The summed E-state index contributed by atoms with van der Waals surface area (Å²) in [6.07, 6.45) is 5.92. The lowest BCUT2D eigenvalue weighted by Crippen LogP contribution is -2.41. The zero-order chi connectivity index (χ0) is 19.5. The van der Waals surface area contributed by atoms with Gasteiger partial charge in [-0.05, 0) is 42.4 Å². The molecule has 3 aromatic rings. The second-order valence-electron chi connectivity index (χ2n) is 7.42. The molecule has 1 aliphatic carbocycles. The molecule has 1 aromatic carbocycles. The quantitative estimate of drug-likeness (QED) is 0.589. The molecule has 6 heteroatoms. The van der Waals surface area contributed by atoms with E-state index in [0.29, 0.717) is 31.6 Å². The van der Waals surface area contributed by atoms with Crippen molar-refractivity contribution in [1.29, 1.82) is 0 Å². The number of aliphatic hydroxyl groups excluding tert-OH is 1. The molecule has 0 spiro atoms. The number of para-hydroxylation sites is 1. The van der Waals surface area contributed by atoms with Crippen molar-refractivity contribution in [1.82, 2.24) is 15.3 Å². The first-order chi connectivity index (χ1) is 13.6. The van der Waals surface area contributed by atoms with E-state index in [0.717, 1.165) is 22.0 Å². The molecule has 0 aliphatic heterocycles. The van der Waals surface area contributed by atoms with Crippen molar-refractivity contribution in [2.45, 2.75) is 37.8 Å². The molecule has 4 rings (SSSR count). The van der Waals surface area contributed by atoms with Gasteiger partial charge in [0, 0.05) is 35.8 Å². The van der Waals surface area contributed by atoms with Crippen molar-refractivity contribution in [2.75, 3.05) is 7.11 Å². The topological polar surface area (TPSA) is 87.2 Å². The molecular formula is C22H25N3O3. The maximum atomic E-state index is 12.7. The van der Waals surface area contributed by atoms with Gasteiger partial charge in [0.15, 0.2) is 0 Å². The Morgan fingerprint density at radius 2 is 2.14 bits per heavy atom. The van der Waals surface area contributed by atoms with Crippen LogP contribution < -0.4 is 10.1 Å². The van der Waals surface area contributed by atoms with Gasteiger partial charge in [-0.3, -0.25) is 4.79 Å². The van der Waals surface area contributed by atoms with Crippen LogP contribution in [0.15, 0.2) is 48.8 Å². The standard InChI is InChI=1S/C22H25N3O3/c1-28-21-9-7-15(13-24-21)22(16-10-17(26)11-16)25-20(27)8-6-14-12-23-19-5-3-2-4-18(14)19/h2-5,7,9,12-13,16-17,22-23,26H,6,8,10-11H2,1H3,(H,25,27). The Kier molecular flexibility index (Phi) is 5.30. The minimum Gasteiger partial charge on any atom is -0.481 e. The molecule has 0 bridgehead atoms. The lowest BCUT2D eigenvalue weighted by atomic mass is 9.75. The van der Waals surface area contributed by atoms with Crippen molar-refractivity contribution >= 4 is 16.8 Å². The number of amides is 1. The Hall–Kier alpha value is -2.86. The number of carbonyl (C=O) groups excluding carboxylic acids is 1. The molecular weight excluding hydrogens is 354 g/mol. The monoisotopic (exact) mass is 379 g/mol. The molecule has 6 nitrogen and oxygen atoms in total. The number of aryl methyl sites for hydroxylation is 1. The van der Waals surface area contributed by atoms with E-state index in [1.165, 1.54) is 0 Å². The van der Waals surface area contributed by atoms with Gasteiger partial charge in [-0.2, -0.15) is 0 Å². The summed E-state index contributed by atoms with van der Waals surface area (Å²) in [5.74, 6) is 0.775. The largest absolute Gasteiger partial charge is 0.481 e. The third-order valence-corrected chi connectivity index (χ3v) is 5.56. The number of hydrogen-bond acceptors (Lipinski definition) is 4. The lowest BCUT2D eigenvalue weighted by Gasteiger charge is -2.38. The first-order valence-electron chi connectivity index (χ1n) is 9.66. The fourth-order valence-electron chi connectivity index (χ4n) is 3.90. The van der Waals surface area contributed by atoms with E-state index in [4.69, 9.17) is 4.74 Å². The SMILES string of the molecule is COc1ccc(C(NC(=O)CCc2c[nH]c3ccccc23)C2CC(O)C2)cn1. The molecule has 1 fully saturated rings. The van der Waals surface area contributed by atoms with Crippen LogP contribution in [0.1, 0.15) is 36.4 Å². The highest BCUT2D eigenvalue weighted by molar-refractivity contribution is 5.84. The van der Waals surface area contributed by atoms with Crippen LogP contribution in [0, 0.1) is 5.92 Å². The number of pyridine rings is 1. The van der Waals surface area contributed by atoms with Gasteiger partial charge in [0.05, 0.1) is 19.3 Å². The molecule has 1 atom stereocenters. The number of H-pyrrole nitrogens is 1. The van der Waals surface area contributed by atoms with Gasteiger partial charge in [-0.1, -0.05) is 24.3 Å². The van der Waals surface area contributed by atoms with Crippen LogP contribution in [-0.2, 0) is 11.2 Å². The number of carbonyl (C=O) groups is 1. The minimum absolute atomic E-state index is 0.00693. The number of nitrogens with one attached hydrogen (secondary N) is 2. The normalized spacial score (nSPS) is 19.8. The number of nitrogens with zero attached hydrogens (tertiary/aromatic N) is 1. The molecule has 3 N–H and O–H groups in total. The Morgan fingerprint density at radius 3 is 2.86 bits per heavy atom. The average Bonchev–Trinajstić information content (AvgIpc) is 3.12. The molecule has 2 aromatic heterocycles. The first-order valence-corrected chi connectivity index (χ1v) is 9.66. The molecule has 1 amide bonds. The van der Waals surface area contributed by atoms with Crippen molar-refractivity contribution in [3.05, 3.63) is 59.9 Å². The number of ether oxygens (including phenoxy) is 1. The van der Waals surface area contributed by atoms with Crippen LogP contribution in [0.2, 0.25) is 0 Å². The summed E-state index contributed by atoms with van der Waals surface area (Å²) in [7, 11) is 1.58. The summed E-state index contributed by atoms with van der Waals surface area (Å²) in [6, 6.07) is 11.7. The molecule has 2 heterocycles. The zero-order valence-electron chi connectivity index (χ0n) is 15.9. The number of hydrogen-bond donors (Lipinski definition) is 3. The summed E-state index contributed by atoms with van der Waals surface area (Å²) in [5, 5.41) is 14.0. The summed E-state index contributed by atoms with van der Waals surface area (Å²) in [6.45, 7) is 0. The molecule has 0 saturated heterocycles. The third-order valence-electron chi connectivity index (χ3n) is 5.56. The van der Waals surface area contributed by atoms with Gasteiger partial charge in [0.25, 0.3) is 0 Å². The predicted molar refractivity (Wildman–Crippen MR) is 107 cm³/mol. The van der Waals surface area contributed by atoms with Crippen LogP contribution in [0.25, 0.3) is 10.9 Å². The molecule has 1 unspecified atom stereocenters. The fraction of sp³-hybridized carbons (Fsp3) is 0.364. The number of aromatic amines is 1. The van der Waals surface area contributed by atoms with E-state index in [-0.39, 0.29) is 24.0 Å². The minimum atomic E-state index is -0.276. The van der Waals surface area contributed by atoms with Gasteiger partial charge >= 0.3 is 0 Å². The Bertz CT molecular complexity index is 945. The molecule has 1 saturated carbocycles. The second-order valence-corrected chi connectivity index (χ2v) is 7.42. The van der Waals surface area contributed by atoms with Crippen molar-refractivity contribution < 1.29 is 14.6 Å².